The van der Waals surface area contributed by atoms with Gasteiger partial charge in [0.05, 0.1) is 6.54 Å². The molecule has 2 aliphatic heterocycles. The van der Waals surface area contributed by atoms with Crippen molar-refractivity contribution < 1.29 is 9.53 Å². The van der Waals surface area contributed by atoms with E-state index in [9.17, 15) is 4.79 Å². The fraction of sp³-hybridized carbons (Fsp3) is 0.810. The number of carbonyl (C=O) groups excluding carboxylic acids is 1. The minimum absolute atomic E-state index is 0. The Hall–Kier alpha value is -1.59. The Morgan fingerprint density at radius 1 is 1.26 bits per heavy atom. The van der Waals surface area contributed by atoms with Gasteiger partial charge in [0.25, 0.3) is 0 Å². The SMILES string of the molecule is CCN(CC1CCN(C(=NC)NCc2nnc3n2CCC3)CC1)C(=O)OC(C)(C)C.I. The van der Waals surface area contributed by atoms with Gasteiger partial charge in [-0.3, -0.25) is 4.99 Å². The molecule has 1 aromatic rings. The van der Waals surface area contributed by atoms with E-state index in [0.29, 0.717) is 19.0 Å². The van der Waals surface area contributed by atoms with Gasteiger partial charge in [-0.15, -0.1) is 34.2 Å². The van der Waals surface area contributed by atoms with Crippen LogP contribution in [0.3, 0.4) is 0 Å². The predicted octanol–water partition coefficient (Wildman–Crippen LogP) is 2.89. The van der Waals surface area contributed by atoms with Gasteiger partial charge >= 0.3 is 6.09 Å². The largest absolute Gasteiger partial charge is 0.444 e. The molecule has 0 aliphatic carbocycles. The third-order valence-electron chi connectivity index (χ3n) is 5.73. The van der Waals surface area contributed by atoms with Crippen LogP contribution in [-0.2, 0) is 24.2 Å². The number of nitrogens with zero attached hydrogens (tertiary/aromatic N) is 6. The van der Waals surface area contributed by atoms with Gasteiger partial charge in [0.1, 0.15) is 11.4 Å². The molecule has 2 aliphatic rings. The highest BCUT2D eigenvalue weighted by atomic mass is 127. The number of likely N-dealkylation sites (tertiary alicyclic amines) is 1. The van der Waals surface area contributed by atoms with Crippen molar-refractivity contribution in [2.75, 3.05) is 33.2 Å². The first kappa shape index (κ1) is 25.7. The first-order valence-electron chi connectivity index (χ1n) is 11.1. The molecule has 3 rings (SSSR count). The Morgan fingerprint density at radius 2 is 1.97 bits per heavy atom. The first-order valence-corrected chi connectivity index (χ1v) is 11.1. The van der Waals surface area contributed by atoms with Crippen LogP contribution in [0, 0.1) is 5.92 Å². The molecule has 1 amide bonds. The van der Waals surface area contributed by atoms with Crippen molar-refractivity contribution in [3.63, 3.8) is 0 Å². The lowest BCUT2D eigenvalue weighted by atomic mass is 9.96. The average Bonchev–Trinajstić information content (AvgIpc) is 3.30. The number of nitrogens with one attached hydrogen (secondary N) is 1. The summed E-state index contributed by atoms with van der Waals surface area (Å²) in [5.74, 6) is 3.46. The van der Waals surface area contributed by atoms with Gasteiger partial charge < -0.3 is 24.4 Å². The van der Waals surface area contributed by atoms with E-state index in [1.54, 1.807) is 0 Å². The Balaban J connectivity index is 0.00000341. The zero-order valence-corrected chi connectivity index (χ0v) is 21.9. The molecule has 9 nitrogen and oxygen atoms in total. The number of fused-ring (bicyclic) bond motifs is 1. The van der Waals surface area contributed by atoms with Gasteiger partial charge in [-0.05, 0) is 52.9 Å². The molecule has 1 aromatic heterocycles. The van der Waals surface area contributed by atoms with Crippen molar-refractivity contribution in [1.29, 1.82) is 0 Å². The predicted molar refractivity (Wildman–Crippen MR) is 132 cm³/mol. The molecule has 0 unspecified atom stereocenters. The maximum absolute atomic E-state index is 12.4. The second-order valence-corrected chi connectivity index (χ2v) is 9.14. The van der Waals surface area contributed by atoms with E-state index in [1.807, 2.05) is 39.6 Å². The fourth-order valence-corrected chi connectivity index (χ4v) is 4.13. The van der Waals surface area contributed by atoms with E-state index in [-0.39, 0.29) is 30.1 Å². The van der Waals surface area contributed by atoms with E-state index < -0.39 is 5.60 Å². The number of hydrogen-bond acceptors (Lipinski definition) is 5. The Kier molecular flexibility index (Phi) is 9.38. The number of hydrogen-bond donors (Lipinski definition) is 1. The van der Waals surface area contributed by atoms with Gasteiger partial charge in [-0.1, -0.05) is 0 Å². The van der Waals surface area contributed by atoms with Crippen LogP contribution in [0.5, 0.6) is 0 Å². The molecular weight excluding hydrogens is 509 g/mol. The number of piperidine rings is 1. The quantitative estimate of drug-likeness (QED) is 0.347. The summed E-state index contributed by atoms with van der Waals surface area (Å²) >= 11 is 0. The van der Waals surface area contributed by atoms with Gasteiger partial charge in [0, 0.05) is 46.2 Å². The van der Waals surface area contributed by atoms with Gasteiger partial charge in [0.15, 0.2) is 11.8 Å². The Morgan fingerprint density at radius 3 is 2.58 bits per heavy atom. The van der Waals surface area contributed by atoms with Crippen LogP contribution in [0.1, 0.15) is 58.6 Å². The molecule has 3 heterocycles. The topological polar surface area (TPSA) is 87.9 Å². The normalized spacial score (nSPS) is 17.2. The van der Waals surface area contributed by atoms with Crippen molar-refractivity contribution in [3.8, 4) is 0 Å². The molecule has 0 radical (unpaired) electrons. The van der Waals surface area contributed by atoms with Gasteiger partial charge in [-0.2, -0.15) is 0 Å². The molecule has 0 aromatic carbocycles. The average molecular weight is 547 g/mol. The third-order valence-corrected chi connectivity index (χ3v) is 5.73. The minimum Gasteiger partial charge on any atom is -0.444 e. The number of aryl methyl sites for hydroxylation is 1. The number of rotatable bonds is 5. The van der Waals surface area contributed by atoms with Crippen LogP contribution in [0.25, 0.3) is 0 Å². The van der Waals surface area contributed by atoms with Crippen molar-refractivity contribution in [2.45, 2.75) is 72.1 Å². The smallest absolute Gasteiger partial charge is 0.410 e. The molecule has 176 valence electrons. The van der Waals surface area contributed by atoms with Gasteiger partial charge in [-0.25, -0.2) is 4.79 Å². The second-order valence-electron chi connectivity index (χ2n) is 9.14. The van der Waals surface area contributed by atoms with Crippen molar-refractivity contribution in [2.24, 2.45) is 10.9 Å². The molecule has 1 N–H and O–H groups in total. The fourth-order valence-electron chi connectivity index (χ4n) is 4.13. The lowest BCUT2D eigenvalue weighted by molar-refractivity contribution is 0.0214. The van der Waals surface area contributed by atoms with Crippen LogP contribution >= 0.6 is 24.0 Å². The number of guanidine groups is 1. The molecule has 0 atom stereocenters. The maximum Gasteiger partial charge on any atom is 0.410 e. The summed E-state index contributed by atoms with van der Waals surface area (Å²) < 4.78 is 7.75. The summed E-state index contributed by atoms with van der Waals surface area (Å²) in [4.78, 5) is 21.0. The van der Waals surface area contributed by atoms with Crippen molar-refractivity contribution in [3.05, 3.63) is 11.6 Å². The maximum atomic E-state index is 12.4. The molecule has 0 saturated carbocycles. The standard InChI is InChI=1S/C21H37N7O2.HI/c1-6-26(20(29)30-21(2,3)4)15-16-9-12-27(13-10-16)19(22-5)23-14-18-25-24-17-8-7-11-28(17)18;/h16H,6-15H2,1-5H3,(H,22,23);1H. The van der Waals surface area contributed by atoms with Gasteiger partial charge in [0.2, 0.25) is 0 Å². The molecule has 31 heavy (non-hydrogen) atoms. The molecule has 1 fully saturated rings. The number of ether oxygens (including phenoxy) is 1. The second kappa shape index (κ2) is 11.3. The van der Waals surface area contributed by atoms with E-state index in [4.69, 9.17) is 4.74 Å². The number of carbonyl (C=O) groups is 1. The highest BCUT2D eigenvalue weighted by molar-refractivity contribution is 14.0. The van der Waals surface area contributed by atoms with E-state index in [1.165, 1.54) is 0 Å². The van der Waals surface area contributed by atoms with Crippen LogP contribution in [0.15, 0.2) is 4.99 Å². The summed E-state index contributed by atoms with van der Waals surface area (Å²) in [5.41, 5.74) is -0.462. The van der Waals surface area contributed by atoms with E-state index in [2.05, 4.69) is 30.0 Å². The molecular formula is C21H38IN7O2. The Labute approximate surface area is 203 Å². The molecule has 0 spiro atoms. The summed E-state index contributed by atoms with van der Waals surface area (Å²) in [6.07, 6.45) is 4.01. The van der Waals surface area contributed by atoms with Crippen molar-refractivity contribution in [1.82, 2.24) is 29.9 Å². The highest BCUT2D eigenvalue weighted by Crippen LogP contribution is 2.20. The molecule has 1 saturated heterocycles. The Bertz CT molecular complexity index is 751. The zero-order chi connectivity index (χ0) is 21.7. The van der Waals surface area contributed by atoms with Crippen LogP contribution < -0.4 is 5.32 Å². The lowest BCUT2D eigenvalue weighted by Gasteiger charge is -2.36. The van der Waals surface area contributed by atoms with E-state index >= 15 is 0 Å². The highest BCUT2D eigenvalue weighted by Gasteiger charge is 2.27. The van der Waals surface area contributed by atoms with E-state index in [0.717, 1.165) is 69.5 Å². The minimum atomic E-state index is -0.462. The zero-order valence-electron chi connectivity index (χ0n) is 19.6. The first-order chi connectivity index (χ1) is 14.3. The summed E-state index contributed by atoms with van der Waals surface area (Å²) in [5, 5.41) is 12.0. The summed E-state index contributed by atoms with van der Waals surface area (Å²) in [6, 6.07) is 0. The lowest BCUT2D eigenvalue weighted by Crippen LogP contribution is -2.47. The van der Waals surface area contributed by atoms with Crippen LogP contribution in [0.2, 0.25) is 0 Å². The number of aromatic nitrogens is 3. The summed E-state index contributed by atoms with van der Waals surface area (Å²) in [6.45, 7) is 12.6. The third kappa shape index (κ3) is 6.95. The number of amides is 1. The van der Waals surface area contributed by atoms with Crippen LogP contribution in [0.4, 0.5) is 4.79 Å². The number of halogens is 1. The van der Waals surface area contributed by atoms with Crippen molar-refractivity contribution >= 4 is 36.0 Å². The molecule has 0 bridgehead atoms. The monoisotopic (exact) mass is 547 g/mol. The summed E-state index contributed by atoms with van der Waals surface area (Å²) in [7, 11) is 1.82. The molecule has 10 heteroatoms. The van der Waals surface area contributed by atoms with Crippen LogP contribution in [-0.4, -0.2) is 75.4 Å². The number of aliphatic imine (C=N–C) groups is 1.